The molecule has 0 spiro atoms. The minimum atomic E-state index is 0.144. The van der Waals surface area contributed by atoms with Crippen LogP contribution in [-0.4, -0.2) is 58.9 Å². The number of carbonyl (C=O) groups excluding carboxylic acids is 1. The van der Waals surface area contributed by atoms with Crippen LogP contribution < -0.4 is 0 Å². The van der Waals surface area contributed by atoms with Crippen molar-refractivity contribution in [1.82, 2.24) is 19.8 Å². The van der Waals surface area contributed by atoms with Gasteiger partial charge in [-0.25, -0.2) is 4.98 Å². The van der Waals surface area contributed by atoms with Gasteiger partial charge in [-0.2, -0.15) is 0 Å². The number of hydrogen-bond donors (Lipinski definition) is 1. The molecule has 5 nitrogen and oxygen atoms in total. The summed E-state index contributed by atoms with van der Waals surface area (Å²) >= 11 is 0. The van der Waals surface area contributed by atoms with Gasteiger partial charge in [0.25, 0.3) is 0 Å². The molecule has 1 unspecified atom stereocenters. The molecule has 1 fully saturated rings. The van der Waals surface area contributed by atoms with Gasteiger partial charge in [-0.05, 0) is 39.8 Å². The Balaban J connectivity index is 1.66. The average Bonchev–Trinajstić information content (AvgIpc) is 2.66. The molecule has 0 radical (unpaired) electrons. The lowest BCUT2D eigenvalue weighted by atomic mass is 9.88. The van der Waals surface area contributed by atoms with Crippen molar-refractivity contribution in [2.45, 2.75) is 32.6 Å². The first kappa shape index (κ1) is 13.6. The van der Waals surface area contributed by atoms with E-state index in [1.54, 1.807) is 0 Å². The van der Waals surface area contributed by atoms with E-state index >= 15 is 0 Å². The molecule has 1 aliphatic carbocycles. The van der Waals surface area contributed by atoms with Gasteiger partial charge in [0, 0.05) is 37.7 Å². The molecule has 1 atom stereocenters. The van der Waals surface area contributed by atoms with Gasteiger partial charge in [0.05, 0.1) is 5.69 Å². The fourth-order valence-corrected chi connectivity index (χ4v) is 3.36. The highest BCUT2D eigenvalue weighted by atomic mass is 16.2. The van der Waals surface area contributed by atoms with E-state index in [4.69, 9.17) is 0 Å². The summed E-state index contributed by atoms with van der Waals surface area (Å²) in [6, 6.07) is 0. The van der Waals surface area contributed by atoms with Gasteiger partial charge in [-0.3, -0.25) is 4.79 Å². The molecule has 1 amide bonds. The number of H-pyrrole nitrogens is 1. The first-order valence-electron chi connectivity index (χ1n) is 7.65. The Bertz CT molecular complexity index is 496. The molecule has 5 heteroatoms. The largest absolute Gasteiger partial charge is 0.346 e. The third kappa shape index (κ3) is 2.73. The zero-order valence-electron chi connectivity index (χ0n) is 12.5. The molecular weight excluding hydrogens is 252 g/mol. The molecular formula is C15H24N4O. The molecule has 1 aromatic rings. The van der Waals surface area contributed by atoms with E-state index < -0.39 is 0 Å². The van der Waals surface area contributed by atoms with Crippen molar-refractivity contribution in [3.8, 4) is 0 Å². The van der Waals surface area contributed by atoms with Crippen LogP contribution in [0.4, 0.5) is 0 Å². The first-order chi connectivity index (χ1) is 9.63. The van der Waals surface area contributed by atoms with Crippen LogP contribution in [0.15, 0.2) is 0 Å². The highest BCUT2D eigenvalue weighted by Crippen LogP contribution is 2.25. The summed E-state index contributed by atoms with van der Waals surface area (Å²) in [4.78, 5) is 24.9. The number of amides is 1. The van der Waals surface area contributed by atoms with Crippen molar-refractivity contribution in [3.63, 3.8) is 0 Å². The lowest BCUT2D eigenvalue weighted by molar-refractivity contribution is -0.135. The predicted octanol–water partition coefficient (Wildman–Crippen LogP) is 0.987. The zero-order chi connectivity index (χ0) is 14.1. The summed E-state index contributed by atoms with van der Waals surface area (Å²) in [5, 5.41) is 0. The molecule has 1 aliphatic heterocycles. The molecule has 0 aromatic carbocycles. The van der Waals surface area contributed by atoms with E-state index in [0.29, 0.717) is 5.91 Å². The van der Waals surface area contributed by atoms with Crippen molar-refractivity contribution >= 4 is 5.91 Å². The Morgan fingerprint density at radius 2 is 2.15 bits per heavy atom. The minimum Gasteiger partial charge on any atom is -0.346 e. The van der Waals surface area contributed by atoms with Gasteiger partial charge in [-0.15, -0.1) is 0 Å². The number of nitrogens with zero attached hydrogens (tertiary/aromatic N) is 3. The number of hydrogen-bond acceptors (Lipinski definition) is 3. The number of aryl methyl sites for hydroxylation is 2. The van der Waals surface area contributed by atoms with Gasteiger partial charge in [0.1, 0.15) is 5.82 Å². The Hall–Kier alpha value is -1.36. The lowest BCUT2D eigenvalue weighted by Gasteiger charge is -2.28. The summed E-state index contributed by atoms with van der Waals surface area (Å²) in [6.45, 7) is 5.86. The average molecular weight is 276 g/mol. The fraction of sp³-hybridized carbons (Fsp3) is 0.733. The van der Waals surface area contributed by atoms with E-state index in [2.05, 4.69) is 26.8 Å². The van der Waals surface area contributed by atoms with Crippen LogP contribution in [0.3, 0.4) is 0 Å². The van der Waals surface area contributed by atoms with Crippen LogP contribution in [0.25, 0.3) is 0 Å². The Kier molecular flexibility index (Phi) is 3.78. The van der Waals surface area contributed by atoms with E-state index in [1.165, 1.54) is 11.4 Å². The smallest absolute Gasteiger partial charge is 0.226 e. The highest BCUT2D eigenvalue weighted by Gasteiger charge is 2.30. The quantitative estimate of drug-likeness (QED) is 0.832. The molecule has 110 valence electrons. The van der Waals surface area contributed by atoms with E-state index in [9.17, 15) is 4.79 Å². The second-order valence-corrected chi connectivity index (χ2v) is 6.17. The minimum absolute atomic E-state index is 0.144. The van der Waals surface area contributed by atoms with Crippen LogP contribution in [0.5, 0.6) is 0 Å². The number of carbonyl (C=O) groups is 1. The second kappa shape index (κ2) is 5.56. The predicted molar refractivity (Wildman–Crippen MR) is 77.5 cm³/mol. The van der Waals surface area contributed by atoms with Gasteiger partial charge >= 0.3 is 0 Å². The van der Waals surface area contributed by atoms with Crippen LogP contribution in [0.2, 0.25) is 0 Å². The molecule has 20 heavy (non-hydrogen) atoms. The van der Waals surface area contributed by atoms with Crippen molar-refractivity contribution < 1.29 is 4.79 Å². The molecule has 3 rings (SSSR count). The van der Waals surface area contributed by atoms with Crippen molar-refractivity contribution in [2.75, 3.05) is 33.2 Å². The number of likely N-dealkylation sites (N-methyl/N-ethyl adjacent to an activating group) is 1. The number of rotatable bonds is 1. The molecule has 0 bridgehead atoms. The van der Waals surface area contributed by atoms with Crippen LogP contribution >= 0.6 is 0 Å². The van der Waals surface area contributed by atoms with Crippen LogP contribution in [-0.2, 0) is 17.6 Å². The summed E-state index contributed by atoms with van der Waals surface area (Å²) < 4.78 is 0. The maximum Gasteiger partial charge on any atom is 0.226 e. The lowest BCUT2D eigenvalue weighted by Crippen LogP contribution is -2.40. The summed E-state index contributed by atoms with van der Waals surface area (Å²) in [6.07, 6.45) is 3.80. The Labute approximate surface area is 120 Å². The summed E-state index contributed by atoms with van der Waals surface area (Å²) in [5.41, 5.74) is 2.35. The molecule has 2 aliphatic rings. The van der Waals surface area contributed by atoms with Gasteiger partial charge in [0.15, 0.2) is 0 Å². The maximum absolute atomic E-state index is 12.7. The summed E-state index contributed by atoms with van der Waals surface area (Å²) in [7, 11) is 2.13. The molecule has 1 N–H and O–H groups in total. The zero-order valence-corrected chi connectivity index (χ0v) is 12.5. The van der Waals surface area contributed by atoms with Gasteiger partial charge in [0.2, 0.25) is 5.91 Å². The number of imidazole rings is 1. The highest BCUT2D eigenvalue weighted by molar-refractivity contribution is 5.79. The number of fused-ring (bicyclic) bond motifs is 1. The third-order valence-corrected chi connectivity index (χ3v) is 4.54. The molecule has 0 saturated carbocycles. The Morgan fingerprint density at radius 3 is 3.00 bits per heavy atom. The number of nitrogens with one attached hydrogen (secondary N) is 1. The third-order valence-electron chi connectivity index (χ3n) is 4.54. The Morgan fingerprint density at radius 1 is 1.30 bits per heavy atom. The van der Waals surface area contributed by atoms with E-state index in [0.717, 1.165) is 57.7 Å². The SMILES string of the molecule is Cc1nc2c([nH]1)CC(C(=O)N1CCCN(C)CC1)CC2. The molecule has 1 saturated heterocycles. The maximum atomic E-state index is 12.7. The normalized spacial score (nSPS) is 24.3. The number of aromatic nitrogens is 2. The van der Waals surface area contributed by atoms with Gasteiger partial charge in [-0.1, -0.05) is 0 Å². The van der Waals surface area contributed by atoms with E-state index in [-0.39, 0.29) is 5.92 Å². The van der Waals surface area contributed by atoms with Crippen LogP contribution in [0.1, 0.15) is 30.1 Å². The first-order valence-corrected chi connectivity index (χ1v) is 7.65. The standard InChI is InChI=1S/C15H24N4O/c1-11-16-13-5-4-12(10-14(13)17-11)15(20)19-7-3-6-18(2)8-9-19/h12H,3-10H2,1-2H3,(H,16,17). The number of aromatic amines is 1. The summed E-state index contributed by atoms with van der Waals surface area (Å²) in [5.74, 6) is 1.46. The van der Waals surface area contributed by atoms with Crippen molar-refractivity contribution in [1.29, 1.82) is 0 Å². The van der Waals surface area contributed by atoms with Crippen molar-refractivity contribution in [3.05, 3.63) is 17.2 Å². The molecule has 1 aromatic heterocycles. The molecule has 2 heterocycles. The van der Waals surface area contributed by atoms with Crippen LogP contribution in [0, 0.1) is 12.8 Å². The monoisotopic (exact) mass is 276 g/mol. The van der Waals surface area contributed by atoms with Gasteiger partial charge < -0.3 is 14.8 Å². The van der Waals surface area contributed by atoms with E-state index in [1.807, 2.05) is 6.92 Å². The topological polar surface area (TPSA) is 52.2 Å². The fourth-order valence-electron chi connectivity index (χ4n) is 3.36. The van der Waals surface area contributed by atoms with Crippen molar-refractivity contribution in [2.24, 2.45) is 5.92 Å². The second-order valence-electron chi connectivity index (χ2n) is 6.17.